The molecule has 0 heterocycles. The van der Waals surface area contributed by atoms with Crippen LogP contribution in [-0.4, -0.2) is 21.0 Å². The minimum Gasteiger partial charge on any atom is -0.501 e. The molecule has 0 saturated heterocycles. The Bertz CT molecular complexity index is 194. The summed E-state index contributed by atoms with van der Waals surface area (Å²) < 4.78 is 15.0. The van der Waals surface area contributed by atoms with Crippen molar-refractivity contribution in [1.29, 1.82) is 0 Å². The zero-order chi connectivity index (χ0) is 8.81. The molecule has 0 amide bonds. The first kappa shape index (κ1) is 9.13. The molecule has 0 unspecified atom stereocenters. The van der Waals surface area contributed by atoms with Gasteiger partial charge in [0.2, 0.25) is 0 Å². The van der Waals surface area contributed by atoms with Crippen LogP contribution in [0.5, 0.6) is 0 Å². The molecule has 0 fully saturated rings. The molecule has 0 bridgehead atoms. The Labute approximate surface area is 72.6 Å². The first-order valence-corrected chi connectivity index (χ1v) is 3.76. The van der Waals surface area contributed by atoms with Crippen LogP contribution in [0.1, 0.15) is 6.42 Å². The van der Waals surface area contributed by atoms with Crippen molar-refractivity contribution in [2.45, 2.75) is 6.42 Å². The topological polar surface area (TPSA) is 27.7 Å². The molecule has 0 saturated carbocycles. The summed E-state index contributed by atoms with van der Waals surface area (Å²) in [5.41, 5.74) is 0. The molecule has 3 nitrogen and oxygen atoms in total. The highest BCUT2D eigenvalue weighted by molar-refractivity contribution is 5.24. The molecule has 1 aliphatic carbocycles. The summed E-state index contributed by atoms with van der Waals surface area (Å²) in [4.78, 5) is 0. The normalized spacial score (nSPS) is 16.5. The maximum atomic E-state index is 5.23. The maximum absolute atomic E-state index is 5.23. The van der Waals surface area contributed by atoms with Crippen LogP contribution in [0.2, 0.25) is 0 Å². The minimum atomic E-state index is 0.301. The summed E-state index contributed by atoms with van der Waals surface area (Å²) in [6, 6.07) is 0. The zero-order valence-electron chi connectivity index (χ0n) is 7.37. The summed E-state index contributed by atoms with van der Waals surface area (Å²) in [6.07, 6.45) is 6.49. The van der Waals surface area contributed by atoms with Gasteiger partial charge in [0.25, 0.3) is 0 Å². The van der Waals surface area contributed by atoms with Crippen molar-refractivity contribution in [3.63, 3.8) is 0 Å². The second-order valence-electron chi connectivity index (χ2n) is 2.37. The third-order valence-corrected chi connectivity index (χ3v) is 1.54. The van der Waals surface area contributed by atoms with Gasteiger partial charge < -0.3 is 14.2 Å². The highest BCUT2D eigenvalue weighted by Crippen LogP contribution is 2.17. The molecule has 1 aliphatic rings. The van der Waals surface area contributed by atoms with E-state index in [1.54, 1.807) is 14.2 Å². The summed E-state index contributed by atoms with van der Waals surface area (Å²) in [5, 5.41) is 0. The number of rotatable bonds is 4. The van der Waals surface area contributed by atoms with Crippen molar-refractivity contribution >= 4 is 0 Å². The summed E-state index contributed by atoms with van der Waals surface area (Å²) in [7, 11) is 3.25. The standard InChI is InChI=1S/C9H13O3/c1-10-7-12-9-5-3-8(11-2)4-6-9/h3-5H,6-7H2,1-2H3. The second kappa shape index (κ2) is 4.83. The lowest BCUT2D eigenvalue weighted by atomic mass is 10.1. The molecule has 3 heteroatoms. The SMILES string of the molecule is COCOC1=CC=C(OC)[CH]C1. The molecular weight excluding hydrogens is 156 g/mol. The molecule has 0 aliphatic heterocycles. The molecule has 12 heavy (non-hydrogen) atoms. The van der Waals surface area contributed by atoms with E-state index in [1.165, 1.54) is 0 Å². The Morgan fingerprint density at radius 1 is 1.33 bits per heavy atom. The number of hydrogen-bond donors (Lipinski definition) is 0. The van der Waals surface area contributed by atoms with Crippen molar-refractivity contribution in [2.75, 3.05) is 21.0 Å². The van der Waals surface area contributed by atoms with Crippen LogP contribution in [0.3, 0.4) is 0 Å². The van der Waals surface area contributed by atoms with Crippen molar-refractivity contribution in [3.8, 4) is 0 Å². The summed E-state index contributed by atoms with van der Waals surface area (Å²) >= 11 is 0. The van der Waals surface area contributed by atoms with E-state index in [0.29, 0.717) is 6.79 Å². The Kier molecular flexibility index (Phi) is 3.67. The fourth-order valence-corrected chi connectivity index (χ4v) is 0.905. The number of ether oxygens (including phenoxy) is 3. The van der Waals surface area contributed by atoms with Gasteiger partial charge in [-0.25, -0.2) is 0 Å². The maximum Gasteiger partial charge on any atom is 0.188 e. The summed E-state index contributed by atoms with van der Waals surface area (Å²) in [6.45, 7) is 0.301. The van der Waals surface area contributed by atoms with E-state index in [4.69, 9.17) is 14.2 Å². The molecule has 0 aromatic rings. The van der Waals surface area contributed by atoms with E-state index in [9.17, 15) is 0 Å². The third-order valence-electron chi connectivity index (χ3n) is 1.54. The van der Waals surface area contributed by atoms with Crippen LogP contribution in [0, 0.1) is 6.42 Å². The van der Waals surface area contributed by atoms with E-state index in [-0.39, 0.29) is 0 Å². The van der Waals surface area contributed by atoms with Crippen molar-refractivity contribution in [3.05, 3.63) is 30.1 Å². The van der Waals surface area contributed by atoms with E-state index in [0.717, 1.165) is 17.9 Å². The predicted octanol–water partition coefficient (Wildman–Crippen LogP) is 1.63. The first-order chi connectivity index (χ1) is 5.86. The van der Waals surface area contributed by atoms with Gasteiger partial charge in [-0.15, -0.1) is 0 Å². The molecule has 0 aromatic heterocycles. The van der Waals surface area contributed by atoms with Gasteiger partial charge in [-0.1, -0.05) is 0 Å². The Morgan fingerprint density at radius 2 is 2.17 bits per heavy atom. The molecule has 0 N–H and O–H groups in total. The Hall–Kier alpha value is -0.960. The number of allylic oxidation sites excluding steroid dienone is 4. The van der Waals surface area contributed by atoms with Gasteiger partial charge in [0.05, 0.1) is 12.9 Å². The molecule has 0 spiro atoms. The van der Waals surface area contributed by atoms with Crippen LogP contribution in [0.15, 0.2) is 23.7 Å². The van der Waals surface area contributed by atoms with Crippen molar-refractivity contribution in [2.24, 2.45) is 0 Å². The van der Waals surface area contributed by atoms with Gasteiger partial charge in [0, 0.05) is 20.0 Å². The molecule has 0 atom stereocenters. The first-order valence-electron chi connectivity index (χ1n) is 3.76. The smallest absolute Gasteiger partial charge is 0.188 e. The number of hydrogen-bond acceptors (Lipinski definition) is 3. The summed E-state index contributed by atoms with van der Waals surface area (Å²) in [5.74, 6) is 1.78. The van der Waals surface area contributed by atoms with Crippen molar-refractivity contribution in [1.82, 2.24) is 0 Å². The van der Waals surface area contributed by atoms with E-state index < -0.39 is 0 Å². The quantitative estimate of drug-likeness (QED) is 0.598. The lowest BCUT2D eigenvalue weighted by Crippen LogP contribution is -2.01. The second-order valence-corrected chi connectivity index (χ2v) is 2.37. The van der Waals surface area contributed by atoms with Crippen LogP contribution in [0.25, 0.3) is 0 Å². The molecular formula is C9H13O3. The van der Waals surface area contributed by atoms with Crippen LogP contribution in [0.4, 0.5) is 0 Å². The average Bonchev–Trinajstić information content (AvgIpc) is 2.15. The van der Waals surface area contributed by atoms with Crippen LogP contribution < -0.4 is 0 Å². The zero-order valence-corrected chi connectivity index (χ0v) is 7.37. The lowest BCUT2D eigenvalue weighted by Gasteiger charge is -2.13. The van der Waals surface area contributed by atoms with Gasteiger partial charge >= 0.3 is 0 Å². The Morgan fingerprint density at radius 3 is 2.67 bits per heavy atom. The van der Waals surface area contributed by atoms with E-state index in [2.05, 4.69) is 0 Å². The predicted molar refractivity (Wildman–Crippen MR) is 45.1 cm³/mol. The molecule has 0 aromatic carbocycles. The molecule has 1 radical (unpaired) electrons. The van der Waals surface area contributed by atoms with Gasteiger partial charge in [-0.3, -0.25) is 0 Å². The van der Waals surface area contributed by atoms with Crippen LogP contribution >= 0.6 is 0 Å². The van der Waals surface area contributed by atoms with E-state index in [1.807, 2.05) is 18.6 Å². The third kappa shape index (κ3) is 2.58. The highest BCUT2D eigenvalue weighted by atomic mass is 16.7. The Balaban J connectivity index is 2.37. The fraction of sp³-hybridized carbons (Fsp3) is 0.444. The van der Waals surface area contributed by atoms with Crippen LogP contribution in [-0.2, 0) is 14.2 Å². The van der Waals surface area contributed by atoms with Gasteiger partial charge in [0.15, 0.2) is 6.79 Å². The molecule has 67 valence electrons. The van der Waals surface area contributed by atoms with Crippen molar-refractivity contribution < 1.29 is 14.2 Å². The molecule has 1 rings (SSSR count). The van der Waals surface area contributed by atoms with E-state index >= 15 is 0 Å². The largest absolute Gasteiger partial charge is 0.501 e. The van der Waals surface area contributed by atoms with Gasteiger partial charge in [0.1, 0.15) is 5.76 Å². The monoisotopic (exact) mass is 169 g/mol. The van der Waals surface area contributed by atoms with Gasteiger partial charge in [-0.2, -0.15) is 0 Å². The average molecular weight is 169 g/mol. The highest BCUT2D eigenvalue weighted by Gasteiger charge is 2.06. The minimum absolute atomic E-state index is 0.301. The number of methoxy groups -OCH3 is 2. The van der Waals surface area contributed by atoms with Gasteiger partial charge in [-0.05, 0) is 12.2 Å². The lowest BCUT2D eigenvalue weighted by molar-refractivity contribution is 0.00311. The fourth-order valence-electron chi connectivity index (χ4n) is 0.905.